The van der Waals surface area contributed by atoms with Crippen LogP contribution in [-0.4, -0.2) is 30.0 Å². The quantitative estimate of drug-likeness (QED) is 0.595. The first-order chi connectivity index (χ1) is 13.4. The number of amides is 1. The molecule has 0 unspecified atom stereocenters. The van der Waals surface area contributed by atoms with E-state index in [2.05, 4.69) is 4.98 Å². The fourth-order valence-electron chi connectivity index (χ4n) is 2.62. The molecule has 0 radical (unpaired) electrons. The van der Waals surface area contributed by atoms with Gasteiger partial charge in [0.15, 0.2) is 6.10 Å². The van der Waals surface area contributed by atoms with Crippen LogP contribution in [0.5, 0.6) is 0 Å². The number of rotatable bonds is 5. The molecule has 3 rings (SSSR count). The Morgan fingerprint density at radius 1 is 1.11 bits per heavy atom. The molecular weight excluding hydrogens is 379 g/mol. The summed E-state index contributed by atoms with van der Waals surface area (Å²) >= 11 is 1.15. The second-order valence-corrected chi connectivity index (χ2v) is 7.22. The maximum atomic E-state index is 13.1. The Morgan fingerprint density at radius 2 is 1.75 bits per heavy atom. The highest BCUT2D eigenvalue weighted by Crippen LogP contribution is 2.29. The zero-order chi connectivity index (χ0) is 20.3. The molecule has 7 heteroatoms. The van der Waals surface area contributed by atoms with Gasteiger partial charge in [-0.15, -0.1) is 11.3 Å². The van der Waals surface area contributed by atoms with Gasteiger partial charge in [-0.3, -0.25) is 4.79 Å². The van der Waals surface area contributed by atoms with Crippen molar-refractivity contribution in [3.63, 3.8) is 0 Å². The van der Waals surface area contributed by atoms with Crippen LogP contribution in [-0.2, 0) is 9.53 Å². The Balaban J connectivity index is 1.72. The molecule has 0 fully saturated rings. The monoisotopic (exact) mass is 398 g/mol. The molecule has 0 aliphatic rings. The lowest BCUT2D eigenvalue weighted by Crippen LogP contribution is -2.37. The highest BCUT2D eigenvalue weighted by molar-refractivity contribution is 7.17. The standard InChI is InChI=1S/C21H19FN2O3S/c1-13-18(28-19(23-13)15-9-11-16(22)12-10-15)21(26)27-14(2)20(25)24(3)17-7-5-4-6-8-17/h4-12,14H,1-3H3/t14-/m0/s1. The number of likely N-dealkylation sites (N-methyl/N-ethyl adjacent to an activating group) is 1. The number of hydrogen-bond acceptors (Lipinski definition) is 5. The van der Waals surface area contributed by atoms with Crippen LogP contribution in [0.4, 0.5) is 10.1 Å². The van der Waals surface area contributed by atoms with Crippen molar-refractivity contribution < 1.29 is 18.7 Å². The van der Waals surface area contributed by atoms with Crippen LogP contribution in [0, 0.1) is 12.7 Å². The van der Waals surface area contributed by atoms with Crippen LogP contribution in [0.1, 0.15) is 22.3 Å². The van der Waals surface area contributed by atoms with Crippen LogP contribution in [0.15, 0.2) is 54.6 Å². The van der Waals surface area contributed by atoms with Gasteiger partial charge in [-0.2, -0.15) is 0 Å². The third-order valence-electron chi connectivity index (χ3n) is 4.18. The molecule has 0 saturated heterocycles. The second kappa shape index (κ2) is 8.31. The Kier molecular flexibility index (Phi) is 5.84. The highest BCUT2D eigenvalue weighted by atomic mass is 32.1. The summed E-state index contributed by atoms with van der Waals surface area (Å²) in [6.45, 7) is 3.24. The van der Waals surface area contributed by atoms with Gasteiger partial charge in [0.2, 0.25) is 0 Å². The summed E-state index contributed by atoms with van der Waals surface area (Å²) in [7, 11) is 1.63. The van der Waals surface area contributed by atoms with E-state index < -0.39 is 12.1 Å². The average Bonchev–Trinajstić information content (AvgIpc) is 3.09. The van der Waals surface area contributed by atoms with Crippen LogP contribution in [0.3, 0.4) is 0 Å². The number of thiazole rings is 1. The molecular formula is C21H19FN2O3S. The number of ether oxygens (including phenoxy) is 1. The molecule has 5 nitrogen and oxygen atoms in total. The first kappa shape index (κ1) is 19.7. The first-order valence-corrected chi connectivity index (χ1v) is 9.45. The number of esters is 1. The van der Waals surface area contributed by atoms with Gasteiger partial charge in [0.05, 0.1) is 5.69 Å². The van der Waals surface area contributed by atoms with E-state index in [0.717, 1.165) is 11.3 Å². The smallest absolute Gasteiger partial charge is 0.351 e. The van der Waals surface area contributed by atoms with Crippen LogP contribution in [0.2, 0.25) is 0 Å². The van der Waals surface area contributed by atoms with Gasteiger partial charge < -0.3 is 9.64 Å². The lowest BCUT2D eigenvalue weighted by atomic mass is 10.2. The molecule has 1 atom stereocenters. The molecule has 1 heterocycles. The van der Waals surface area contributed by atoms with Gasteiger partial charge in [-0.05, 0) is 50.2 Å². The Labute approximate surface area is 166 Å². The van der Waals surface area contributed by atoms with E-state index in [1.54, 1.807) is 38.2 Å². The number of anilines is 1. The van der Waals surface area contributed by atoms with Crippen molar-refractivity contribution in [2.75, 3.05) is 11.9 Å². The Bertz CT molecular complexity index is 987. The molecule has 0 bridgehead atoms. The number of nitrogens with zero attached hydrogens (tertiary/aromatic N) is 2. The minimum Gasteiger partial charge on any atom is -0.448 e. The highest BCUT2D eigenvalue weighted by Gasteiger charge is 2.25. The Hall–Kier alpha value is -3.06. The number of carbonyl (C=O) groups is 2. The zero-order valence-electron chi connectivity index (χ0n) is 15.7. The maximum Gasteiger partial charge on any atom is 0.351 e. The van der Waals surface area contributed by atoms with E-state index in [-0.39, 0.29) is 11.7 Å². The molecule has 0 spiro atoms. The maximum absolute atomic E-state index is 13.1. The molecule has 0 N–H and O–H groups in total. The van der Waals surface area contributed by atoms with Crippen molar-refractivity contribution in [2.24, 2.45) is 0 Å². The normalized spacial score (nSPS) is 11.7. The molecule has 0 aliphatic heterocycles. The van der Waals surface area contributed by atoms with E-state index in [4.69, 9.17) is 4.74 Å². The van der Waals surface area contributed by atoms with E-state index >= 15 is 0 Å². The topological polar surface area (TPSA) is 59.5 Å². The summed E-state index contributed by atoms with van der Waals surface area (Å²) in [5.74, 6) is -1.28. The fraction of sp³-hybridized carbons (Fsp3) is 0.190. The molecule has 0 aliphatic carbocycles. The van der Waals surface area contributed by atoms with E-state index in [0.29, 0.717) is 26.8 Å². The van der Waals surface area contributed by atoms with Gasteiger partial charge >= 0.3 is 5.97 Å². The van der Waals surface area contributed by atoms with Gasteiger partial charge in [-0.25, -0.2) is 14.2 Å². The Morgan fingerprint density at radius 3 is 2.39 bits per heavy atom. The molecule has 144 valence electrons. The van der Waals surface area contributed by atoms with Crippen molar-refractivity contribution in [1.82, 2.24) is 4.98 Å². The van der Waals surface area contributed by atoms with Crippen molar-refractivity contribution in [3.05, 3.63) is 71.0 Å². The lowest BCUT2D eigenvalue weighted by Gasteiger charge is -2.21. The van der Waals surface area contributed by atoms with E-state index in [9.17, 15) is 14.0 Å². The molecule has 28 heavy (non-hydrogen) atoms. The average molecular weight is 398 g/mol. The third-order valence-corrected chi connectivity index (χ3v) is 5.37. The van der Waals surface area contributed by atoms with Crippen LogP contribution >= 0.6 is 11.3 Å². The van der Waals surface area contributed by atoms with Crippen LogP contribution < -0.4 is 4.90 Å². The second-order valence-electron chi connectivity index (χ2n) is 6.22. The lowest BCUT2D eigenvalue weighted by molar-refractivity contribution is -0.126. The number of aromatic nitrogens is 1. The molecule has 3 aromatic rings. The largest absolute Gasteiger partial charge is 0.448 e. The third kappa shape index (κ3) is 4.26. The van der Waals surface area contributed by atoms with Gasteiger partial charge in [0.25, 0.3) is 5.91 Å². The van der Waals surface area contributed by atoms with E-state index in [1.807, 2.05) is 18.2 Å². The minimum absolute atomic E-state index is 0.321. The van der Waals surface area contributed by atoms with Crippen molar-refractivity contribution in [3.8, 4) is 10.6 Å². The first-order valence-electron chi connectivity index (χ1n) is 8.64. The van der Waals surface area contributed by atoms with Gasteiger partial charge in [0.1, 0.15) is 15.7 Å². The van der Waals surface area contributed by atoms with Crippen molar-refractivity contribution in [1.29, 1.82) is 0 Å². The summed E-state index contributed by atoms with van der Waals surface area (Å²) in [4.78, 5) is 31.2. The van der Waals surface area contributed by atoms with Gasteiger partial charge in [-0.1, -0.05) is 18.2 Å². The minimum atomic E-state index is -0.950. The predicted molar refractivity (Wildman–Crippen MR) is 107 cm³/mol. The van der Waals surface area contributed by atoms with E-state index in [1.165, 1.54) is 24.0 Å². The summed E-state index contributed by atoms with van der Waals surface area (Å²) in [6.07, 6.45) is -0.950. The number of halogens is 1. The SMILES string of the molecule is Cc1nc(-c2ccc(F)cc2)sc1C(=O)O[C@@H](C)C(=O)N(C)c1ccccc1. The van der Waals surface area contributed by atoms with Gasteiger partial charge in [0, 0.05) is 18.3 Å². The number of para-hydroxylation sites is 1. The summed E-state index contributed by atoms with van der Waals surface area (Å²) in [5, 5.41) is 0.588. The number of hydrogen-bond donors (Lipinski definition) is 0. The number of carbonyl (C=O) groups excluding carboxylic acids is 2. The molecule has 1 aromatic heterocycles. The predicted octanol–water partition coefficient (Wildman–Crippen LogP) is 4.47. The van der Waals surface area contributed by atoms with Crippen molar-refractivity contribution in [2.45, 2.75) is 20.0 Å². The zero-order valence-corrected chi connectivity index (χ0v) is 16.5. The molecule has 0 saturated carbocycles. The summed E-state index contributed by atoms with van der Waals surface area (Å²) in [5.41, 5.74) is 1.93. The fourth-order valence-corrected chi connectivity index (χ4v) is 3.57. The summed E-state index contributed by atoms with van der Waals surface area (Å²) in [6, 6.07) is 15.0. The van der Waals surface area contributed by atoms with Crippen molar-refractivity contribution >= 4 is 28.9 Å². The number of benzene rings is 2. The molecule has 1 amide bonds. The summed E-state index contributed by atoms with van der Waals surface area (Å²) < 4.78 is 18.5. The number of aryl methyl sites for hydroxylation is 1. The van der Waals surface area contributed by atoms with Crippen LogP contribution in [0.25, 0.3) is 10.6 Å². The molecule has 2 aromatic carbocycles.